The van der Waals surface area contributed by atoms with Gasteiger partial charge in [0, 0.05) is 6.07 Å². The summed E-state index contributed by atoms with van der Waals surface area (Å²) in [6.07, 6.45) is 1.53. The molecule has 138 valence electrons. The van der Waals surface area contributed by atoms with Gasteiger partial charge >= 0.3 is 11.9 Å². The van der Waals surface area contributed by atoms with E-state index in [2.05, 4.69) is 4.74 Å². The Labute approximate surface area is 151 Å². The lowest BCUT2D eigenvalue weighted by molar-refractivity contribution is -0.385. The first-order valence-electron chi connectivity index (χ1n) is 7.82. The number of hydrogen-bond donors (Lipinski definition) is 0. The maximum absolute atomic E-state index is 12.3. The number of carbonyl (C=O) groups is 2. The van der Waals surface area contributed by atoms with E-state index < -0.39 is 22.5 Å². The second-order valence-corrected chi connectivity index (χ2v) is 6.03. The molecule has 0 aliphatic heterocycles. The van der Waals surface area contributed by atoms with E-state index in [4.69, 9.17) is 10.00 Å². The summed E-state index contributed by atoms with van der Waals surface area (Å²) < 4.78 is 9.89. The van der Waals surface area contributed by atoms with Crippen LogP contribution >= 0.6 is 0 Å². The number of hydrogen-bond acceptors (Lipinski definition) is 7. The summed E-state index contributed by atoms with van der Waals surface area (Å²) in [5, 5.41) is 20.3. The van der Waals surface area contributed by atoms with Gasteiger partial charge in [0.05, 0.1) is 41.2 Å². The van der Waals surface area contributed by atoms with Gasteiger partial charge in [-0.3, -0.25) is 10.1 Å². The maximum Gasteiger partial charge on any atom is 0.338 e. The topological polar surface area (TPSA) is 120 Å². The predicted octanol–water partition coefficient (Wildman–Crippen LogP) is 3.41. The molecule has 0 atom stereocenters. The maximum atomic E-state index is 12.3. The Hall–Kier alpha value is -3.21. The number of nitro benzene ring substituents is 1. The van der Waals surface area contributed by atoms with E-state index in [1.807, 2.05) is 13.0 Å². The van der Waals surface area contributed by atoms with Crippen LogP contribution in [0.25, 0.3) is 6.08 Å². The minimum Gasteiger partial charge on any atom is -0.465 e. The molecule has 0 N–H and O–H groups in total. The van der Waals surface area contributed by atoms with E-state index in [0.717, 1.165) is 6.07 Å². The van der Waals surface area contributed by atoms with Gasteiger partial charge in [-0.05, 0) is 38.5 Å². The van der Waals surface area contributed by atoms with Crippen LogP contribution < -0.4 is 0 Å². The zero-order valence-corrected chi connectivity index (χ0v) is 15.1. The third-order valence-corrected chi connectivity index (χ3v) is 3.73. The molecule has 0 amide bonds. The zero-order valence-electron chi connectivity index (χ0n) is 15.1. The van der Waals surface area contributed by atoms with Crippen LogP contribution in [0.5, 0.6) is 0 Å². The molecule has 0 bridgehead atoms. The summed E-state index contributed by atoms with van der Waals surface area (Å²) >= 11 is 0. The number of nitriles is 1. The summed E-state index contributed by atoms with van der Waals surface area (Å²) in [4.78, 5) is 34.5. The van der Waals surface area contributed by atoms with Crippen LogP contribution in [0, 0.1) is 21.4 Å². The fraction of sp³-hybridized carbons (Fsp3) is 0.389. The van der Waals surface area contributed by atoms with Gasteiger partial charge in [-0.1, -0.05) is 6.92 Å². The third kappa shape index (κ3) is 5.41. The van der Waals surface area contributed by atoms with Crippen molar-refractivity contribution >= 4 is 23.7 Å². The molecule has 0 saturated carbocycles. The van der Waals surface area contributed by atoms with Crippen molar-refractivity contribution < 1.29 is 24.0 Å². The van der Waals surface area contributed by atoms with Gasteiger partial charge in [-0.15, -0.1) is 0 Å². The molecule has 0 aromatic heterocycles. The monoisotopic (exact) mass is 360 g/mol. The number of esters is 2. The van der Waals surface area contributed by atoms with Gasteiger partial charge in [0.1, 0.15) is 5.60 Å². The van der Waals surface area contributed by atoms with E-state index in [-0.39, 0.29) is 28.8 Å². The number of rotatable bonds is 7. The molecule has 0 unspecified atom stereocenters. The fourth-order valence-corrected chi connectivity index (χ4v) is 1.91. The molecule has 0 fully saturated rings. The molecule has 0 aliphatic rings. The van der Waals surface area contributed by atoms with Crippen molar-refractivity contribution in [3.63, 3.8) is 0 Å². The normalized spacial score (nSPS) is 11.4. The van der Waals surface area contributed by atoms with Crippen LogP contribution in [0.4, 0.5) is 5.69 Å². The minimum absolute atomic E-state index is 0.00729. The molecular formula is C18H20N2O6. The van der Waals surface area contributed by atoms with Crippen LogP contribution in [-0.4, -0.2) is 29.6 Å². The van der Waals surface area contributed by atoms with Crippen LogP contribution in [0.3, 0.4) is 0 Å². The first-order chi connectivity index (χ1) is 12.1. The molecule has 0 spiro atoms. The van der Waals surface area contributed by atoms with Gasteiger partial charge in [0.2, 0.25) is 0 Å². The van der Waals surface area contributed by atoms with Crippen molar-refractivity contribution in [2.75, 3.05) is 7.11 Å². The lowest BCUT2D eigenvalue weighted by Gasteiger charge is -2.23. The van der Waals surface area contributed by atoms with Gasteiger partial charge in [-0.2, -0.15) is 5.26 Å². The molecule has 0 radical (unpaired) electrons. The smallest absolute Gasteiger partial charge is 0.338 e. The third-order valence-electron chi connectivity index (χ3n) is 3.73. The second kappa shape index (κ2) is 8.76. The van der Waals surface area contributed by atoms with Crippen LogP contribution in [0.2, 0.25) is 0 Å². The van der Waals surface area contributed by atoms with Gasteiger partial charge < -0.3 is 9.47 Å². The Balaban J connectivity index is 3.36. The number of carbonyl (C=O) groups excluding carboxylic acids is 2. The Morgan fingerprint density at radius 1 is 1.38 bits per heavy atom. The highest BCUT2D eigenvalue weighted by Gasteiger charge is 2.24. The SMILES string of the molecule is CCC(C)(C)OC(=O)/C(=C/c1ccc(C(=O)OC)cc1[N+](=O)[O-])CC#N. The van der Waals surface area contributed by atoms with Gasteiger partial charge in [0.25, 0.3) is 5.69 Å². The second-order valence-electron chi connectivity index (χ2n) is 6.03. The first kappa shape index (κ1) is 20.8. The summed E-state index contributed by atoms with van der Waals surface area (Å²) in [6, 6.07) is 5.57. The summed E-state index contributed by atoms with van der Waals surface area (Å²) in [6.45, 7) is 5.29. The quantitative estimate of drug-likeness (QED) is 0.316. The van der Waals surface area contributed by atoms with E-state index in [1.54, 1.807) is 13.8 Å². The van der Waals surface area contributed by atoms with Crippen molar-refractivity contribution in [1.82, 2.24) is 0 Å². The zero-order chi connectivity index (χ0) is 19.9. The van der Waals surface area contributed by atoms with Gasteiger partial charge in [-0.25, -0.2) is 9.59 Å². The van der Waals surface area contributed by atoms with E-state index in [0.29, 0.717) is 6.42 Å². The van der Waals surface area contributed by atoms with Crippen molar-refractivity contribution in [3.05, 3.63) is 45.0 Å². The molecule has 1 aromatic carbocycles. The number of ether oxygens (including phenoxy) is 2. The molecule has 1 aromatic rings. The van der Waals surface area contributed by atoms with E-state index in [9.17, 15) is 19.7 Å². The van der Waals surface area contributed by atoms with Crippen molar-refractivity contribution in [2.24, 2.45) is 0 Å². The average molecular weight is 360 g/mol. The Kier molecular flexibility index (Phi) is 7.02. The van der Waals surface area contributed by atoms with Crippen LogP contribution in [-0.2, 0) is 14.3 Å². The van der Waals surface area contributed by atoms with Crippen molar-refractivity contribution in [3.8, 4) is 6.07 Å². The molecule has 1 rings (SSSR count). The minimum atomic E-state index is -0.730. The lowest BCUT2D eigenvalue weighted by Crippen LogP contribution is -2.27. The molecule has 0 saturated heterocycles. The molecule has 26 heavy (non-hydrogen) atoms. The van der Waals surface area contributed by atoms with Crippen molar-refractivity contribution in [2.45, 2.75) is 39.2 Å². The highest BCUT2D eigenvalue weighted by atomic mass is 16.6. The summed E-state index contributed by atoms with van der Waals surface area (Å²) in [5.74, 6) is -1.44. The number of nitro groups is 1. The molecule has 8 heteroatoms. The molecular weight excluding hydrogens is 340 g/mol. The lowest BCUT2D eigenvalue weighted by atomic mass is 10.0. The van der Waals surface area contributed by atoms with Crippen molar-refractivity contribution in [1.29, 1.82) is 5.26 Å². The fourth-order valence-electron chi connectivity index (χ4n) is 1.91. The predicted molar refractivity (Wildman–Crippen MR) is 93.1 cm³/mol. The number of methoxy groups -OCH3 is 1. The Morgan fingerprint density at radius 2 is 2.04 bits per heavy atom. The van der Waals surface area contributed by atoms with E-state index in [1.165, 1.54) is 25.3 Å². The van der Waals surface area contributed by atoms with Crippen LogP contribution in [0.15, 0.2) is 23.8 Å². The highest BCUT2D eigenvalue weighted by molar-refractivity contribution is 5.96. The largest absolute Gasteiger partial charge is 0.465 e. The molecule has 0 aliphatic carbocycles. The average Bonchev–Trinajstić information content (AvgIpc) is 2.60. The molecule has 0 heterocycles. The first-order valence-corrected chi connectivity index (χ1v) is 7.82. The van der Waals surface area contributed by atoms with E-state index >= 15 is 0 Å². The van der Waals surface area contributed by atoms with Gasteiger partial charge in [0.15, 0.2) is 0 Å². The Morgan fingerprint density at radius 3 is 2.54 bits per heavy atom. The highest BCUT2D eigenvalue weighted by Crippen LogP contribution is 2.25. The standard InChI is InChI=1S/C18H20N2O6/c1-5-18(2,3)26-17(22)14(8-9-19)10-12-6-7-13(16(21)25-4)11-15(12)20(23)24/h6-7,10-11H,5,8H2,1-4H3/b14-10+. The number of benzene rings is 1. The molecule has 8 nitrogen and oxygen atoms in total. The number of nitrogens with zero attached hydrogens (tertiary/aromatic N) is 2. The Bertz CT molecular complexity index is 789. The summed E-state index contributed by atoms with van der Waals surface area (Å²) in [5.41, 5.74) is -1.03. The van der Waals surface area contributed by atoms with Crippen LogP contribution in [0.1, 0.15) is 49.5 Å². The summed E-state index contributed by atoms with van der Waals surface area (Å²) in [7, 11) is 1.17.